The summed E-state index contributed by atoms with van der Waals surface area (Å²) >= 11 is 0. The van der Waals surface area contributed by atoms with E-state index in [1.54, 1.807) is 45.0 Å². The first-order chi connectivity index (χ1) is 10.3. The van der Waals surface area contributed by atoms with Crippen molar-refractivity contribution in [3.8, 4) is 0 Å². The number of carbonyl (C=O) groups excluding carboxylic acids is 2. The lowest BCUT2D eigenvalue weighted by atomic mass is 10.1. The maximum Gasteiger partial charge on any atom is 0.321 e. The third kappa shape index (κ3) is 3.87. The molecule has 0 bridgehead atoms. The van der Waals surface area contributed by atoms with Gasteiger partial charge in [0.15, 0.2) is 0 Å². The lowest BCUT2D eigenvalue weighted by Gasteiger charge is -2.20. The highest BCUT2D eigenvalue weighted by Gasteiger charge is 2.16. The summed E-state index contributed by atoms with van der Waals surface area (Å²) in [6, 6.07) is 6.08. The van der Waals surface area contributed by atoms with Gasteiger partial charge in [0.05, 0.1) is 5.39 Å². The topological polar surface area (TPSA) is 106 Å². The minimum absolute atomic E-state index is 0.365. The minimum Gasteiger partial charge on any atom is -0.333 e. The van der Waals surface area contributed by atoms with Crippen molar-refractivity contribution in [3.63, 3.8) is 0 Å². The normalized spacial score (nSPS) is 11.2. The molecule has 22 heavy (non-hydrogen) atoms. The van der Waals surface area contributed by atoms with Crippen LogP contribution in [0.3, 0.4) is 0 Å². The SMILES string of the molecule is CC(C)(C)NC(=O)NC(=O)Cn1nnc2ccccc2c1=O. The molecule has 0 spiro atoms. The molecule has 0 saturated carbocycles. The van der Waals surface area contributed by atoms with Crippen LogP contribution in [0.4, 0.5) is 4.79 Å². The maximum atomic E-state index is 12.2. The number of carbonyl (C=O) groups is 2. The maximum absolute atomic E-state index is 12.2. The van der Waals surface area contributed by atoms with Gasteiger partial charge in [-0.25, -0.2) is 9.48 Å². The van der Waals surface area contributed by atoms with E-state index >= 15 is 0 Å². The summed E-state index contributed by atoms with van der Waals surface area (Å²) < 4.78 is 0.919. The minimum atomic E-state index is -0.645. The zero-order chi connectivity index (χ0) is 16.3. The number of imide groups is 1. The van der Waals surface area contributed by atoms with Crippen molar-refractivity contribution in [3.05, 3.63) is 34.6 Å². The molecule has 0 aliphatic heterocycles. The largest absolute Gasteiger partial charge is 0.333 e. The predicted molar refractivity (Wildman–Crippen MR) is 80.2 cm³/mol. The first-order valence-electron chi connectivity index (χ1n) is 6.71. The van der Waals surface area contributed by atoms with E-state index in [0.717, 1.165) is 4.68 Å². The Bertz CT molecular complexity index is 776. The third-order valence-electron chi connectivity index (χ3n) is 2.66. The molecular formula is C14H17N5O3. The van der Waals surface area contributed by atoms with E-state index in [4.69, 9.17) is 0 Å². The van der Waals surface area contributed by atoms with Gasteiger partial charge >= 0.3 is 6.03 Å². The van der Waals surface area contributed by atoms with Gasteiger partial charge < -0.3 is 5.32 Å². The van der Waals surface area contributed by atoms with Crippen LogP contribution in [0, 0.1) is 0 Å². The molecule has 0 fully saturated rings. The fourth-order valence-electron chi connectivity index (χ4n) is 1.80. The molecule has 8 nitrogen and oxygen atoms in total. The van der Waals surface area contributed by atoms with E-state index in [2.05, 4.69) is 20.9 Å². The Kier molecular flexibility index (Phi) is 4.20. The Morgan fingerprint density at radius 1 is 1.23 bits per heavy atom. The highest BCUT2D eigenvalue weighted by Crippen LogP contribution is 2.03. The molecule has 0 aliphatic rings. The van der Waals surface area contributed by atoms with Gasteiger partial charge in [0.25, 0.3) is 5.56 Å². The monoisotopic (exact) mass is 303 g/mol. The second kappa shape index (κ2) is 5.92. The van der Waals surface area contributed by atoms with E-state index in [1.165, 1.54) is 0 Å². The smallest absolute Gasteiger partial charge is 0.321 e. The van der Waals surface area contributed by atoms with E-state index in [1.807, 2.05) is 0 Å². The summed E-state index contributed by atoms with van der Waals surface area (Å²) in [5.74, 6) is -0.645. The van der Waals surface area contributed by atoms with Gasteiger partial charge in [-0.05, 0) is 32.9 Å². The van der Waals surface area contributed by atoms with Crippen LogP contribution >= 0.6 is 0 Å². The van der Waals surface area contributed by atoms with Crippen LogP contribution in [-0.2, 0) is 11.3 Å². The molecule has 0 aliphatic carbocycles. The Hall–Kier alpha value is -2.77. The average Bonchev–Trinajstić information content (AvgIpc) is 2.40. The van der Waals surface area contributed by atoms with Crippen molar-refractivity contribution >= 4 is 22.8 Å². The first kappa shape index (κ1) is 15.6. The van der Waals surface area contributed by atoms with Crippen molar-refractivity contribution in [1.82, 2.24) is 25.6 Å². The number of amides is 3. The van der Waals surface area contributed by atoms with Crippen LogP contribution in [0.2, 0.25) is 0 Å². The molecule has 2 rings (SSSR count). The summed E-state index contributed by atoms with van der Waals surface area (Å²) in [5, 5.41) is 12.7. The molecular weight excluding hydrogens is 286 g/mol. The van der Waals surface area contributed by atoms with Crippen LogP contribution in [0.5, 0.6) is 0 Å². The average molecular weight is 303 g/mol. The number of urea groups is 1. The number of benzene rings is 1. The second-order valence-corrected chi connectivity index (χ2v) is 5.82. The highest BCUT2D eigenvalue weighted by atomic mass is 16.2. The van der Waals surface area contributed by atoms with Crippen LogP contribution in [0.15, 0.2) is 29.1 Å². The summed E-state index contributed by atoms with van der Waals surface area (Å²) in [5.41, 5.74) is -0.448. The zero-order valence-electron chi connectivity index (χ0n) is 12.6. The quantitative estimate of drug-likeness (QED) is 0.836. The molecule has 0 saturated heterocycles. The number of nitrogens with zero attached hydrogens (tertiary/aromatic N) is 3. The van der Waals surface area contributed by atoms with Gasteiger partial charge in [-0.2, -0.15) is 0 Å². The zero-order valence-corrected chi connectivity index (χ0v) is 12.6. The second-order valence-electron chi connectivity index (χ2n) is 5.82. The molecule has 3 amide bonds. The van der Waals surface area contributed by atoms with Crippen molar-refractivity contribution < 1.29 is 9.59 Å². The molecule has 1 heterocycles. The number of rotatable bonds is 2. The summed E-state index contributed by atoms with van der Waals surface area (Å²) in [6.45, 7) is 4.98. The molecule has 8 heteroatoms. The Balaban J connectivity index is 2.11. The highest BCUT2D eigenvalue weighted by molar-refractivity contribution is 5.94. The van der Waals surface area contributed by atoms with Crippen molar-refractivity contribution in [2.45, 2.75) is 32.9 Å². The van der Waals surface area contributed by atoms with Gasteiger partial charge in [-0.15, -0.1) is 5.10 Å². The van der Waals surface area contributed by atoms with Crippen molar-refractivity contribution in [2.75, 3.05) is 0 Å². The fraction of sp³-hybridized carbons (Fsp3) is 0.357. The van der Waals surface area contributed by atoms with E-state index in [9.17, 15) is 14.4 Å². The van der Waals surface area contributed by atoms with E-state index < -0.39 is 23.0 Å². The number of fused-ring (bicyclic) bond motifs is 1. The summed E-state index contributed by atoms with van der Waals surface area (Å²) in [6.07, 6.45) is 0. The van der Waals surface area contributed by atoms with Crippen molar-refractivity contribution in [2.24, 2.45) is 0 Å². The van der Waals surface area contributed by atoms with Gasteiger partial charge in [0.1, 0.15) is 12.1 Å². The molecule has 0 radical (unpaired) electrons. The van der Waals surface area contributed by atoms with Gasteiger partial charge in [0.2, 0.25) is 5.91 Å². The fourth-order valence-corrected chi connectivity index (χ4v) is 1.80. The Morgan fingerprint density at radius 2 is 1.91 bits per heavy atom. The molecule has 0 atom stereocenters. The number of hydrogen-bond acceptors (Lipinski definition) is 5. The van der Waals surface area contributed by atoms with Crippen LogP contribution in [0.1, 0.15) is 20.8 Å². The first-order valence-corrected chi connectivity index (χ1v) is 6.71. The predicted octanol–water partition coefficient (Wildman–Crippen LogP) is 0.416. The number of nitrogens with one attached hydrogen (secondary N) is 2. The molecule has 2 aromatic rings. The molecule has 0 unspecified atom stereocenters. The molecule has 1 aromatic carbocycles. The van der Waals surface area contributed by atoms with Gasteiger partial charge in [-0.3, -0.25) is 14.9 Å². The standard InChI is InChI=1S/C14H17N5O3/c1-14(2,3)16-13(22)15-11(20)8-19-12(21)9-6-4-5-7-10(9)17-18-19/h4-7H,8H2,1-3H3,(H2,15,16,20,22). The Morgan fingerprint density at radius 3 is 2.59 bits per heavy atom. The van der Waals surface area contributed by atoms with E-state index in [0.29, 0.717) is 10.9 Å². The van der Waals surface area contributed by atoms with E-state index in [-0.39, 0.29) is 6.54 Å². The number of hydrogen-bond donors (Lipinski definition) is 2. The molecule has 1 aromatic heterocycles. The number of aromatic nitrogens is 3. The third-order valence-corrected chi connectivity index (χ3v) is 2.66. The summed E-state index contributed by atoms with van der Waals surface area (Å²) in [7, 11) is 0. The van der Waals surface area contributed by atoms with Crippen LogP contribution in [-0.4, -0.2) is 32.5 Å². The lowest BCUT2D eigenvalue weighted by molar-refractivity contribution is -0.120. The van der Waals surface area contributed by atoms with Crippen LogP contribution < -0.4 is 16.2 Å². The van der Waals surface area contributed by atoms with Gasteiger partial charge in [0, 0.05) is 5.54 Å². The van der Waals surface area contributed by atoms with Crippen molar-refractivity contribution in [1.29, 1.82) is 0 Å². The Labute approximate surface area is 126 Å². The molecule has 116 valence electrons. The van der Waals surface area contributed by atoms with Crippen LogP contribution in [0.25, 0.3) is 10.9 Å². The lowest BCUT2D eigenvalue weighted by Crippen LogP contribution is -2.49. The molecule has 2 N–H and O–H groups in total. The van der Waals surface area contributed by atoms with Gasteiger partial charge in [-0.1, -0.05) is 17.3 Å². The summed E-state index contributed by atoms with van der Waals surface area (Å²) in [4.78, 5) is 35.5.